The molecule has 98 valence electrons. The second-order valence-corrected chi connectivity index (χ2v) is 4.47. The van der Waals surface area contributed by atoms with Crippen LogP contribution in [0, 0.1) is 12.3 Å². The normalized spacial score (nSPS) is 11.8. The lowest BCUT2D eigenvalue weighted by Gasteiger charge is -2.12. The van der Waals surface area contributed by atoms with E-state index in [-0.39, 0.29) is 6.04 Å². The summed E-state index contributed by atoms with van der Waals surface area (Å²) in [6, 6.07) is 8.14. The first-order chi connectivity index (χ1) is 8.77. The number of ether oxygens (including phenoxy) is 1. The highest BCUT2D eigenvalue weighted by molar-refractivity contribution is 5.29. The molecular formula is C16H23NO. The minimum atomic E-state index is 0.0723. The molecule has 1 aromatic rings. The average molecular weight is 245 g/mol. The second-order valence-electron chi connectivity index (χ2n) is 4.47. The standard InChI is InChI=1S/C16H23NO/c1-3-5-7-8-16(17)14-9-11-15(12-10-14)18-13-6-4-2/h1,9-12,16H,4-8,13,17H2,2H3. The zero-order valence-electron chi connectivity index (χ0n) is 11.2. The van der Waals surface area contributed by atoms with Gasteiger partial charge in [-0.2, -0.15) is 0 Å². The van der Waals surface area contributed by atoms with Crippen molar-refractivity contribution in [3.8, 4) is 18.1 Å². The molecule has 0 spiro atoms. The third kappa shape index (κ3) is 5.25. The molecule has 2 N–H and O–H groups in total. The summed E-state index contributed by atoms with van der Waals surface area (Å²) in [6.07, 6.45) is 10.2. The molecule has 1 atom stereocenters. The van der Waals surface area contributed by atoms with Gasteiger partial charge in [-0.05, 0) is 37.0 Å². The van der Waals surface area contributed by atoms with Crippen LogP contribution in [0.3, 0.4) is 0 Å². The SMILES string of the molecule is C#CCCCC(N)c1ccc(OCCCC)cc1. The van der Waals surface area contributed by atoms with Gasteiger partial charge >= 0.3 is 0 Å². The zero-order valence-corrected chi connectivity index (χ0v) is 11.2. The molecule has 0 fully saturated rings. The first kappa shape index (κ1) is 14.6. The van der Waals surface area contributed by atoms with E-state index in [0.29, 0.717) is 0 Å². The molecule has 2 heteroatoms. The van der Waals surface area contributed by atoms with Crippen molar-refractivity contribution in [1.82, 2.24) is 0 Å². The number of benzene rings is 1. The lowest BCUT2D eigenvalue weighted by molar-refractivity contribution is 0.309. The van der Waals surface area contributed by atoms with Crippen LogP contribution < -0.4 is 10.5 Å². The van der Waals surface area contributed by atoms with Gasteiger partial charge in [0.1, 0.15) is 5.75 Å². The summed E-state index contributed by atoms with van der Waals surface area (Å²) in [4.78, 5) is 0. The summed E-state index contributed by atoms with van der Waals surface area (Å²) < 4.78 is 5.61. The van der Waals surface area contributed by atoms with Gasteiger partial charge in [0.15, 0.2) is 0 Å². The van der Waals surface area contributed by atoms with Crippen LogP contribution >= 0.6 is 0 Å². The van der Waals surface area contributed by atoms with Gasteiger partial charge in [0.05, 0.1) is 6.61 Å². The van der Waals surface area contributed by atoms with E-state index in [4.69, 9.17) is 16.9 Å². The van der Waals surface area contributed by atoms with Crippen molar-refractivity contribution in [3.63, 3.8) is 0 Å². The molecule has 0 aliphatic rings. The third-order valence-corrected chi connectivity index (χ3v) is 2.91. The third-order valence-electron chi connectivity index (χ3n) is 2.91. The van der Waals surface area contributed by atoms with Gasteiger partial charge in [0, 0.05) is 12.5 Å². The molecule has 0 aliphatic heterocycles. The van der Waals surface area contributed by atoms with Crippen LogP contribution in [0.5, 0.6) is 5.75 Å². The molecule has 1 aromatic carbocycles. The van der Waals surface area contributed by atoms with Crippen LogP contribution in [0.25, 0.3) is 0 Å². The van der Waals surface area contributed by atoms with E-state index < -0.39 is 0 Å². The molecule has 1 rings (SSSR count). The van der Waals surface area contributed by atoms with Crippen molar-refractivity contribution < 1.29 is 4.74 Å². The Balaban J connectivity index is 2.41. The average Bonchev–Trinajstić information content (AvgIpc) is 2.40. The zero-order chi connectivity index (χ0) is 13.2. The van der Waals surface area contributed by atoms with E-state index in [2.05, 4.69) is 12.8 Å². The van der Waals surface area contributed by atoms with Crippen LogP contribution in [-0.4, -0.2) is 6.61 Å². The van der Waals surface area contributed by atoms with Crippen molar-refractivity contribution in [1.29, 1.82) is 0 Å². The lowest BCUT2D eigenvalue weighted by atomic mass is 10.0. The van der Waals surface area contributed by atoms with Gasteiger partial charge in [-0.15, -0.1) is 12.3 Å². The number of hydrogen-bond donors (Lipinski definition) is 1. The highest BCUT2D eigenvalue weighted by Gasteiger charge is 2.05. The smallest absolute Gasteiger partial charge is 0.119 e. The van der Waals surface area contributed by atoms with Crippen LogP contribution in [0.1, 0.15) is 50.6 Å². The maximum absolute atomic E-state index is 6.10. The predicted molar refractivity (Wildman–Crippen MR) is 76.5 cm³/mol. The van der Waals surface area contributed by atoms with Crippen molar-refractivity contribution >= 4 is 0 Å². The number of rotatable bonds is 8. The summed E-state index contributed by atoms with van der Waals surface area (Å²) in [5.74, 6) is 3.56. The van der Waals surface area contributed by atoms with Crippen molar-refractivity contribution in [3.05, 3.63) is 29.8 Å². The van der Waals surface area contributed by atoms with E-state index >= 15 is 0 Å². The van der Waals surface area contributed by atoms with Crippen LogP contribution in [-0.2, 0) is 0 Å². The van der Waals surface area contributed by atoms with Gasteiger partial charge in [0.2, 0.25) is 0 Å². The lowest BCUT2D eigenvalue weighted by Crippen LogP contribution is -2.09. The molecule has 18 heavy (non-hydrogen) atoms. The van der Waals surface area contributed by atoms with Gasteiger partial charge < -0.3 is 10.5 Å². The first-order valence-electron chi connectivity index (χ1n) is 6.69. The number of nitrogens with two attached hydrogens (primary N) is 1. The van der Waals surface area contributed by atoms with Crippen molar-refractivity contribution in [2.45, 2.75) is 45.1 Å². The Labute approximate surface area is 111 Å². The van der Waals surface area contributed by atoms with Gasteiger partial charge in [-0.3, -0.25) is 0 Å². The molecule has 1 unspecified atom stereocenters. The summed E-state index contributed by atoms with van der Waals surface area (Å²) in [5.41, 5.74) is 7.25. The Kier molecular flexibility index (Phi) is 6.98. The molecule has 0 amide bonds. The summed E-state index contributed by atoms with van der Waals surface area (Å²) in [6.45, 7) is 2.94. The summed E-state index contributed by atoms with van der Waals surface area (Å²) in [5, 5.41) is 0. The number of terminal acetylenes is 1. The maximum atomic E-state index is 6.10. The Morgan fingerprint density at radius 2 is 2.00 bits per heavy atom. The van der Waals surface area contributed by atoms with E-state index in [1.54, 1.807) is 0 Å². The minimum absolute atomic E-state index is 0.0723. The largest absolute Gasteiger partial charge is 0.494 e. The maximum Gasteiger partial charge on any atom is 0.119 e. The second kappa shape index (κ2) is 8.60. The number of hydrogen-bond acceptors (Lipinski definition) is 2. The molecule has 0 heterocycles. The molecule has 0 aromatic heterocycles. The molecule has 0 saturated carbocycles. The molecule has 0 radical (unpaired) electrons. The topological polar surface area (TPSA) is 35.2 Å². The molecule has 0 aliphatic carbocycles. The minimum Gasteiger partial charge on any atom is -0.494 e. The van der Waals surface area contributed by atoms with Crippen molar-refractivity contribution in [2.75, 3.05) is 6.61 Å². The van der Waals surface area contributed by atoms with E-state index in [9.17, 15) is 0 Å². The molecule has 0 bridgehead atoms. The van der Waals surface area contributed by atoms with Crippen molar-refractivity contribution in [2.24, 2.45) is 5.73 Å². The highest BCUT2D eigenvalue weighted by atomic mass is 16.5. The van der Waals surface area contributed by atoms with Crippen LogP contribution in [0.4, 0.5) is 0 Å². The Bertz CT molecular complexity index is 364. The predicted octanol–water partition coefficient (Wildman–Crippen LogP) is 3.67. The fourth-order valence-corrected chi connectivity index (χ4v) is 1.74. The fourth-order valence-electron chi connectivity index (χ4n) is 1.74. The Morgan fingerprint density at radius 1 is 1.28 bits per heavy atom. The van der Waals surface area contributed by atoms with Crippen LogP contribution in [0.2, 0.25) is 0 Å². The van der Waals surface area contributed by atoms with Gasteiger partial charge in [0.25, 0.3) is 0 Å². The van der Waals surface area contributed by atoms with Gasteiger partial charge in [-0.1, -0.05) is 25.5 Å². The molecule has 2 nitrogen and oxygen atoms in total. The highest BCUT2D eigenvalue weighted by Crippen LogP contribution is 2.20. The quantitative estimate of drug-likeness (QED) is 0.560. The van der Waals surface area contributed by atoms with Gasteiger partial charge in [-0.25, -0.2) is 0 Å². The van der Waals surface area contributed by atoms with Crippen LogP contribution in [0.15, 0.2) is 24.3 Å². The Hall–Kier alpha value is -1.46. The van der Waals surface area contributed by atoms with E-state index in [1.807, 2.05) is 24.3 Å². The molecular weight excluding hydrogens is 222 g/mol. The van der Waals surface area contributed by atoms with E-state index in [0.717, 1.165) is 50.0 Å². The first-order valence-corrected chi connectivity index (χ1v) is 6.69. The van der Waals surface area contributed by atoms with E-state index in [1.165, 1.54) is 0 Å². The fraction of sp³-hybridized carbons (Fsp3) is 0.500. The Morgan fingerprint density at radius 3 is 2.61 bits per heavy atom. The molecule has 0 saturated heterocycles. The monoisotopic (exact) mass is 245 g/mol. The summed E-state index contributed by atoms with van der Waals surface area (Å²) in [7, 11) is 0. The summed E-state index contributed by atoms with van der Waals surface area (Å²) >= 11 is 0. The number of unbranched alkanes of at least 4 members (excludes halogenated alkanes) is 2.